The zero-order valence-corrected chi connectivity index (χ0v) is 11.7. The third-order valence-electron chi connectivity index (χ3n) is 3.46. The highest BCUT2D eigenvalue weighted by molar-refractivity contribution is 5.89. The minimum absolute atomic E-state index is 0.155. The van der Waals surface area contributed by atoms with E-state index in [0.717, 1.165) is 16.9 Å². The van der Waals surface area contributed by atoms with Crippen molar-refractivity contribution in [1.29, 1.82) is 0 Å². The molecule has 1 amide bonds. The molecule has 0 atom stereocenters. The molecule has 0 heterocycles. The van der Waals surface area contributed by atoms with Crippen LogP contribution in [0.15, 0.2) is 18.2 Å². The highest BCUT2D eigenvalue weighted by atomic mass is 16.5. The Morgan fingerprint density at radius 3 is 2.60 bits per heavy atom. The lowest BCUT2D eigenvalue weighted by atomic mass is 10.1. The van der Waals surface area contributed by atoms with Gasteiger partial charge in [0.2, 0.25) is 5.91 Å². The van der Waals surface area contributed by atoms with Gasteiger partial charge >= 0.3 is 5.97 Å². The van der Waals surface area contributed by atoms with Crippen LogP contribution in [0.3, 0.4) is 0 Å². The number of aryl methyl sites for hydroxylation is 2. The number of hydrogen-bond donors (Lipinski definition) is 2. The SMILES string of the molecule is Cc1ccc(OCCC(=O)NC2(C(=O)O)CC2)c(C)c1. The van der Waals surface area contributed by atoms with Crippen molar-refractivity contribution in [1.82, 2.24) is 5.32 Å². The van der Waals surface area contributed by atoms with Crippen molar-refractivity contribution in [2.45, 2.75) is 38.6 Å². The maximum absolute atomic E-state index is 11.7. The Kier molecular flexibility index (Phi) is 3.97. The van der Waals surface area contributed by atoms with Gasteiger partial charge < -0.3 is 15.2 Å². The molecule has 0 aromatic heterocycles. The van der Waals surface area contributed by atoms with Crippen molar-refractivity contribution in [2.75, 3.05) is 6.61 Å². The van der Waals surface area contributed by atoms with Crippen LogP contribution < -0.4 is 10.1 Å². The lowest BCUT2D eigenvalue weighted by molar-refractivity contribution is -0.143. The fourth-order valence-corrected chi connectivity index (χ4v) is 2.06. The zero-order chi connectivity index (χ0) is 14.8. The molecule has 1 aliphatic carbocycles. The maximum atomic E-state index is 11.7. The lowest BCUT2D eigenvalue weighted by Crippen LogP contribution is -2.43. The van der Waals surface area contributed by atoms with Crippen molar-refractivity contribution >= 4 is 11.9 Å². The van der Waals surface area contributed by atoms with E-state index in [1.54, 1.807) is 0 Å². The van der Waals surface area contributed by atoms with E-state index in [-0.39, 0.29) is 18.9 Å². The van der Waals surface area contributed by atoms with Crippen molar-refractivity contribution in [2.24, 2.45) is 0 Å². The van der Waals surface area contributed by atoms with Gasteiger partial charge in [0.15, 0.2) is 0 Å². The Hall–Kier alpha value is -2.04. The van der Waals surface area contributed by atoms with Crippen LogP contribution >= 0.6 is 0 Å². The van der Waals surface area contributed by atoms with Crippen LogP contribution in [-0.2, 0) is 9.59 Å². The normalized spacial score (nSPS) is 15.5. The Morgan fingerprint density at radius 2 is 2.05 bits per heavy atom. The number of ether oxygens (including phenoxy) is 1. The molecule has 20 heavy (non-hydrogen) atoms. The number of nitrogens with one attached hydrogen (secondary N) is 1. The van der Waals surface area contributed by atoms with Crippen molar-refractivity contribution < 1.29 is 19.4 Å². The average Bonchev–Trinajstić information content (AvgIpc) is 3.13. The van der Waals surface area contributed by atoms with E-state index in [0.29, 0.717) is 12.8 Å². The Labute approximate surface area is 117 Å². The Bertz CT molecular complexity index is 535. The first-order valence-corrected chi connectivity index (χ1v) is 6.67. The molecule has 0 spiro atoms. The Balaban J connectivity index is 1.78. The van der Waals surface area contributed by atoms with Gasteiger partial charge in [-0.3, -0.25) is 4.79 Å². The van der Waals surface area contributed by atoms with Gasteiger partial charge in [0, 0.05) is 0 Å². The van der Waals surface area contributed by atoms with Gasteiger partial charge in [0.1, 0.15) is 11.3 Å². The third-order valence-corrected chi connectivity index (χ3v) is 3.46. The predicted molar refractivity (Wildman–Crippen MR) is 73.8 cm³/mol. The average molecular weight is 277 g/mol. The highest BCUT2D eigenvalue weighted by Crippen LogP contribution is 2.35. The number of carbonyl (C=O) groups is 2. The first-order chi connectivity index (χ1) is 9.43. The van der Waals surface area contributed by atoms with Gasteiger partial charge in [0.05, 0.1) is 13.0 Å². The summed E-state index contributed by atoms with van der Waals surface area (Å²) in [5.74, 6) is -0.487. The summed E-state index contributed by atoms with van der Waals surface area (Å²) < 4.78 is 5.55. The topological polar surface area (TPSA) is 75.6 Å². The second kappa shape index (κ2) is 5.53. The van der Waals surface area contributed by atoms with Crippen LogP contribution in [0.1, 0.15) is 30.4 Å². The summed E-state index contributed by atoms with van der Waals surface area (Å²) in [7, 11) is 0. The molecule has 2 rings (SSSR count). The largest absolute Gasteiger partial charge is 0.493 e. The molecular formula is C15H19NO4. The first-order valence-electron chi connectivity index (χ1n) is 6.67. The van der Waals surface area contributed by atoms with E-state index in [1.165, 1.54) is 0 Å². The molecule has 0 radical (unpaired) electrons. The van der Waals surface area contributed by atoms with Crippen molar-refractivity contribution in [3.8, 4) is 5.75 Å². The summed E-state index contributed by atoms with van der Waals surface area (Å²) in [4.78, 5) is 22.6. The van der Waals surface area contributed by atoms with Gasteiger partial charge in [-0.05, 0) is 38.3 Å². The molecule has 1 aliphatic rings. The van der Waals surface area contributed by atoms with Crippen molar-refractivity contribution in [3.05, 3.63) is 29.3 Å². The van der Waals surface area contributed by atoms with Gasteiger partial charge in [-0.2, -0.15) is 0 Å². The van der Waals surface area contributed by atoms with Crippen LogP contribution in [-0.4, -0.2) is 29.1 Å². The van der Waals surface area contributed by atoms with E-state index < -0.39 is 11.5 Å². The molecule has 5 heteroatoms. The standard InChI is InChI=1S/C15H19NO4/c1-10-3-4-12(11(2)9-10)20-8-5-13(17)16-15(6-7-15)14(18)19/h3-4,9H,5-8H2,1-2H3,(H,16,17)(H,18,19). The lowest BCUT2D eigenvalue weighted by Gasteiger charge is -2.13. The number of amides is 1. The molecule has 108 valence electrons. The second-order valence-electron chi connectivity index (χ2n) is 5.30. The summed E-state index contributed by atoms with van der Waals surface area (Å²) in [5.41, 5.74) is 1.16. The molecular weight excluding hydrogens is 258 g/mol. The molecule has 0 unspecified atom stereocenters. The molecule has 5 nitrogen and oxygen atoms in total. The number of aliphatic carboxylic acids is 1. The predicted octanol–water partition coefficient (Wildman–Crippen LogP) is 1.81. The summed E-state index contributed by atoms with van der Waals surface area (Å²) in [6.45, 7) is 4.20. The van der Waals surface area contributed by atoms with Crippen LogP contribution in [0.4, 0.5) is 0 Å². The van der Waals surface area contributed by atoms with E-state index in [4.69, 9.17) is 9.84 Å². The van der Waals surface area contributed by atoms with E-state index >= 15 is 0 Å². The molecule has 1 saturated carbocycles. The van der Waals surface area contributed by atoms with Crippen LogP contribution in [0.2, 0.25) is 0 Å². The number of benzene rings is 1. The fraction of sp³-hybridized carbons (Fsp3) is 0.467. The quantitative estimate of drug-likeness (QED) is 0.831. The second-order valence-corrected chi connectivity index (χ2v) is 5.30. The number of carbonyl (C=O) groups excluding carboxylic acids is 1. The zero-order valence-electron chi connectivity index (χ0n) is 11.7. The highest BCUT2D eigenvalue weighted by Gasteiger charge is 2.51. The molecule has 0 aliphatic heterocycles. The minimum atomic E-state index is -1.02. The summed E-state index contributed by atoms with van der Waals surface area (Å²) in [6, 6.07) is 5.84. The molecule has 1 aromatic carbocycles. The molecule has 1 fully saturated rings. The van der Waals surface area contributed by atoms with Gasteiger partial charge in [-0.25, -0.2) is 4.79 Å². The number of hydrogen-bond acceptors (Lipinski definition) is 3. The van der Waals surface area contributed by atoms with E-state index in [2.05, 4.69) is 5.32 Å². The van der Waals surface area contributed by atoms with Crippen LogP contribution in [0.5, 0.6) is 5.75 Å². The number of carboxylic acid groups (broad SMARTS) is 1. The summed E-state index contributed by atoms with van der Waals surface area (Å²) in [6.07, 6.45) is 1.17. The van der Waals surface area contributed by atoms with Crippen LogP contribution in [0, 0.1) is 13.8 Å². The Morgan fingerprint density at radius 1 is 1.35 bits per heavy atom. The summed E-state index contributed by atoms with van der Waals surface area (Å²) >= 11 is 0. The van der Waals surface area contributed by atoms with E-state index in [1.807, 2.05) is 32.0 Å². The molecule has 1 aromatic rings. The molecule has 0 saturated heterocycles. The number of rotatable bonds is 6. The number of carboxylic acids is 1. The van der Waals surface area contributed by atoms with Gasteiger partial charge in [0.25, 0.3) is 0 Å². The maximum Gasteiger partial charge on any atom is 0.329 e. The molecule has 2 N–H and O–H groups in total. The third kappa shape index (κ3) is 3.29. The van der Waals surface area contributed by atoms with E-state index in [9.17, 15) is 9.59 Å². The minimum Gasteiger partial charge on any atom is -0.493 e. The monoisotopic (exact) mass is 277 g/mol. The fourth-order valence-electron chi connectivity index (χ4n) is 2.06. The summed E-state index contributed by atoms with van der Waals surface area (Å²) in [5, 5.41) is 11.5. The van der Waals surface area contributed by atoms with Gasteiger partial charge in [-0.1, -0.05) is 17.7 Å². The first kappa shape index (κ1) is 14.4. The van der Waals surface area contributed by atoms with Crippen molar-refractivity contribution in [3.63, 3.8) is 0 Å². The van der Waals surface area contributed by atoms with Crippen LogP contribution in [0.25, 0.3) is 0 Å². The molecule has 0 bridgehead atoms. The van der Waals surface area contributed by atoms with Gasteiger partial charge in [-0.15, -0.1) is 0 Å². The smallest absolute Gasteiger partial charge is 0.329 e.